The summed E-state index contributed by atoms with van der Waals surface area (Å²) in [5.74, 6) is 1.09. The van der Waals surface area contributed by atoms with Crippen molar-refractivity contribution in [2.24, 2.45) is 0 Å². The van der Waals surface area contributed by atoms with E-state index < -0.39 is 0 Å². The van der Waals surface area contributed by atoms with E-state index in [1.807, 2.05) is 0 Å². The molecule has 110 valence electrons. The van der Waals surface area contributed by atoms with Crippen LogP contribution in [0.4, 0.5) is 0 Å². The molecule has 20 heavy (non-hydrogen) atoms. The van der Waals surface area contributed by atoms with Gasteiger partial charge in [0.05, 0.1) is 6.61 Å². The lowest BCUT2D eigenvalue weighted by atomic mass is 9.98. The first-order chi connectivity index (χ1) is 9.88. The summed E-state index contributed by atoms with van der Waals surface area (Å²) in [7, 11) is 0. The zero-order valence-corrected chi connectivity index (χ0v) is 12.5. The van der Waals surface area contributed by atoms with Crippen LogP contribution >= 0.6 is 0 Å². The van der Waals surface area contributed by atoms with E-state index in [1.165, 1.54) is 44.5 Å². The lowest BCUT2D eigenvalue weighted by Gasteiger charge is -2.37. The monoisotopic (exact) mass is 274 g/mol. The minimum atomic E-state index is 0.530. The van der Waals surface area contributed by atoms with Crippen molar-refractivity contribution in [2.75, 3.05) is 26.2 Å². The smallest absolute Gasteiger partial charge is 0.124 e. The summed E-state index contributed by atoms with van der Waals surface area (Å²) < 4.78 is 5.81. The lowest BCUT2D eigenvalue weighted by molar-refractivity contribution is 0.130. The van der Waals surface area contributed by atoms with Crippen LogP contribution in [0.1, 0.15) is 44.2 Å². The van der Waals surface area contributed by atoms with Crippen molar-refractivity contribution in [1.82, 2.24) is 10.2 Å². The topological polar surface area (TPSA) is 24.5 Å². The van der Waals surface area contributed by atoms with E-state index in [4.69, 9.17) is 4.74 Å². The third kappa shape index (κ3) is 2.99. The molecule has 3 heteroatoms. The van der Waals surface area contributed by atoms with E-state index in [1.54, 1.807) is 0 Å². The average molecular weight is 274 g/mol. The Morgan fingerprint density at radius 3 is 3.00 bits per heavy atom. The molecule has 0 radical (unpaired) electrons. The Labute approximate surface area is 122 Å². The van der Waals surface area contributed by atoms with Crippen molar-refractivity contribution in [2.45, 2.75) is 44.7 Å². The highest BCUT2D eigenvalue weighted by Gasteiger charge is 2.28. The summed E-state index contributed by atoms with van der Waals surface area (Å²) >= 11 is 0. The van der Waals surface area contributed by atoms with Crippen LogP contribution in [0.2, 0.25) is 0 Å². The number of rotatable bonds is 5. The molecule has 2 heterocycles. The van der Waals surface area contributed by atoms with Gasteiger partial charge in [0.2, 0.25) is 0 Å². The van der Waals surface area contributed by atoms with E-state index in [9.17, 15) is 0 Å². The number of nitrogens with zero attached hydrogens (tertiary/aromatic N) is 1. The fourth-order valence-electron chi connectivity index (χ4n) is 3.56. The van der Waals surface area contributed by atoms with E-state index in [2.05, 4.69) is 41.4 Å². The second-order valence-corrected chi connectivity index (χ2v) is 5.98. The van der Waals surface area contributed by atoms with Crippen LogP contribution in [0.25, 0.3) is 0 Å². The summed E-state index contributed by atoms with van der Waals surface area (Å²) in [5, 5.41) is 3.64. The molecule has 0 bridgehead atoms. The second-order valence-electron chi connectivity index (χ2n) is 5.98. The first-order valence-corrected chi connectivity index (χ1v) is 8.07. The minimum Gasteiger partial charge on any atom is -0.493 e. The molecule has 2 aliphatic rings. The zero-order valence-electron chi connectivity index (χ0n) is 12.5. The van der Waals surface area contributed by atoms with Gasteiger partial charge >= 0.3 is 0 Å². The Morgan fingerprint density at radius 1 is 1.30 bits per heavy atom. The number of benzene rings is 1. The lowest BCUT2D eigenvalue weighted by Crippen LogP contribution is -2.41. The maximum absolute atomic E-state index is 5.81. The zero-order chi connectivity index (χ0) is 13.8. The quantitative estimate of drug-likeness (QED) is 0.893. The van der Waals surface area contributed by atoms with Crippen LogP contribution in [0.5, 0.6) is 5.75 Å². The molecule has 1 aromatic rings. The molecule has 3 rings (SSSR count). The summed E-state index contributed by atoms with van der Waals surface area (Å²) in [6.45, 7) is 6.67. The van der Waals surface area contributed by atoms with Crippen molar-refractivity contribution in [1.29, 1.82) is 0 Å². The number of para-hydroxylation sites is 1. The van der Waals surface area contributed by atoms with E-state index in [0.29, 0.717) is 12.1 Å². The second kappa shape index (κ2) is 6.59. The van der Waals surface area contributed by atoms with Gasteiger partial charge in [0, 0.05) is 30.6 Å². The molecule has 0 spiro atoms. The molecule has 1 N–H and O–H groups in total. The van der Waals surface area contributed by atoms with Gasteiger partial charge in [0.15, 0.2) is 0 Å². The normalized spacial score (nSPS) is 25.5. The first-order valence-electron chi connectivity index (χ1n) is 8.07. The van der Waals surface area contributed by atoms with E-state index >= 15 is 0 Å². The molecular weight excluding hydrogens is 248 g/mol. The van der Waals surface area contributed by atoms with E-state index in [0.717, 1.165) is 18.8 Å². The Bertz CT molecular complexity index is 429. The van der Waals surface area contributed by atoms with Crippen LogP contribution in [-0.4, -0.2) is 37.2 Å². The SMILES string of the molecule is CCCN(CC1CCCN1)C1CCOc2ccccc21. The highest BCUT2D eigenvalue weighted by Crippen LogP contribution is 2.36. The van der Waals surface area contributed by atoms with Gasteiger partial charge < -0.3 is 10.1 Å². The predicted octanol–water partition coefficient (Wildman–Crippen LogP) is 2.97. The fraction of sp³-hybridized carbons (Fsp3) is 0.647. The molecule has 1 saturated heterocycles. The van der Waals surface area contributed by atoms with Crippen LogP contribution < -0.4 is 10.1 Å². The summed E-state index contributed by atoms with van der Waals surface area (Å²) in [6.07, 6.45) is 4.98. The summed E-state index contributed by atoms with van der Waals surface area (Å²) in [4.78, 5) is 2.67. The number of fused-ring (bicyclic) bond motifs is 1. The van der Waals surface area contributed by atoms with Gasteiger partial charge in [-0.2, -0.15) is 0 Å². The number of ether oxygens (including phenoxy) is 1. The fourth-order valence-corrected chi connectivity index (χ4v) is 3.56. The molecule has 0 aromatic heterocycles. The van der Waals surface area contributed by atoms with Gasteiger partial charge in [-0.05, 0) is 38.4 Å². The minimum absolute atomic E-state index is 0.530. The Balaban J connectivity index is 1.76. The molecule has 0 aliphatic carbocycles. The van der Waals surface area contributed by atoms with Crippen molar-refractivity contribution in [3.05, 3.63) is 29.8 Å². The van der Waals surface area contributed by atoms with Crippen molar-refractivity contribution in [3.8, 4) is 5.75 Å². The van der Waals surface area contributed by atoms with Crippen molar-refractivity contribution in [3.63, 3.8) is 0 Å². The average Bonchev–Trinajstić information content (AvgIpc) is 2.99. The summed E-state index contributed by atoms with van der Waals surface area (Å²) in [6, 6.07) is 9.77. The van der Waals surface area contributed by atoms with E-state index in [-0.39, 0.29) is 0 Å². The molecular formula is C17H26N2O. The molecule has 3 nitrogen and oxygen atoms in total. The molecule has 0 amide bonds. The maximum Gasteiger partial charge on any atom is 0.124 e. The van der Waals surface area contributed by atoms with Crippen molar-refractivity contribution >= 4 is 0 Å². The molecule has 2 unspecified atom stereocenters. The molecule has 0 saturated carbocycles. The van der Waals surface area contributed by atoms with Crippen molar-refractivity contribution < 1.29 is 4.74 Å². The van der Waals surface area contributed by atoms with Crippen LogP contribution in [-0.2, 0) is 0 Å². The number of nitrogens with one attached hydrogen (secondary N) is 1. The van der Waals surface area contributed by atoms with Crippen LogP contribution in [0.15, 0.2) is 24.3 Å². The largest absolute Gasteiger partial charge is 0.493 e. The predicted molar refractivity (Wildman–Crippen MR) is 82.2 cm³/mol. The molecule has 1 aromatic carbocycles. The Hall–Kier alpha value is -1.06. The summed E-state index contributed by atoms with van der Waals surface area (Å²) in [5.41, 5.74) is 1.38. The molecule has 1 fully saturated rings. The molecule has 2 aliphatic heterocycles. The molecule has 2 atom stereocenters. The first kappa shape index (κ1) is 13.9. The highest BCUT2D eigenvalue weighted by atomic mass is 16.5. The highest BCUT2D eigenvalue weighted by molar-refractivity contribution is 5.37. The maximum atomic E-state index is 5.81. The third-order valence-corrected chi connectivity index (χ3v) is 4.50. The van der Waals surface area contributed by atoms with Gasteiger partial charge in [-0.15, -0.1) is 0 Å². The van der Waals surface area contributed by atoms with Gasteiger partial charge in [0.25, 0.3) is 0 Å². The third-order valence-electron chi connectivity index (χ3n) is 4.50. The Morgan fingerprint density at radius 2 is 2.20 bits per heavy atom. The van der Waals surface area contributed by atoms with Gasteiger partial charge in [-0.25, -0.2) is 0 Å². The Kier molecular flexibility index (Phi) is 4.58. The number of hydrogen-bond donors (Lipinski definition) is 1. The van der Waals surface area contributed by atoms with Gasteiger partial charge in [-0.3, -0.25) is 4.90 Å². The van der Waals surface area contributed by atoms with Gasteiger partial charge in [0.1, 0.15) is 5.75 Å². The van der Waals surface area contributed by atoms with Gasteiger partial charge in [-0.1, -0.05) is 25.1 Å². The number of hydrogen-bond acceptors (Lipinski definition) is 3. The van der Waals surface area contributed by atoms with Crippen LogP contribution in [0.3, 0.4) is 0 Å². The van der Waals surface area contributed by atoms with Crippen LogP contribution in [0, 0.1) is 0 Å². The standard InChI is InChI=1S/C17H26N2O/c1-2-11-19(13-14-6-5-10-18-14)16-9-12-20-17-8-4-3-7-15(16)17/h3-4,7-8,14,16,18H,2,5-6,9-13H2,1H3.